The number of nitrogens with zero attached hydrogens (tertiary/aromatic N) is 3. The Balaban J connectivity index is 1.94. The number of rotatable bonds is 3. The first-order valence-electron chi connectivity index (χ1n) is 4.19. The van der Waals surface area contributed by atoms with Gasteiger partial charge in [-0.05, 0) is 12.1 Å². The van der Waals surface area contributed by atoms with Gasteiger partial charge in [0.1, 0.15) is 0 Å². The lowest BCUT2D eigenvalue weighted by molar-refractivity contribution is 0.394. The van der Waals surface area contributed by atoms with Crippen molar-refractivity contribution in [3.05, 3.63) is 22.0 Å². The van der Waals surface area contributed by atoms with Crippen LogP contribution in [0.1, 0.15) is 16.6 Å². The summed E-state index contributed by atoms with van der Waals surface area (Å²) < 4.78 is 4.82. The number of aromatic nitrogens is 3. The Morgan fingerprint density at radius 1 is 1.43 bits per heavy atom. The van der Waals surface area contributed by atoms with E-state index in [1.807, 2.05) is 12.3 Å². The van der Waals surface area contributed by atoms with E-state index in [4.69, 9.17) is 4.52 Å². The highest BCUT2D eigenvalue weighted by molar-refractivity contribution is 7.09. The normalized spacial score (nSPS) is 10.4. The van der Waals surface area contributed by atoms with Gasteiger partial charge in [0.25, 0.3) is 5.95 Å². The molecule has 0 aliphatic heterocycles. The molecule has 0 bridgehead atoms. The highest BCUT2D eigenvalue weighted by atomic mass is 32.1. The molecule has 0 spiro atoms. The van der Waals surface area contributed by atoms with Gasteiger partial charge < -0.3 is 9.84 Å². The summed E-state index contributed by atoms with van der Waals surface area (Å²) in [4.78, 5) is 8.32. The average molecular weight is 210 g/mol. The van der Waals surface area contributed by atoms with Crippen LogP contribution in [0.15, 0.2) is 9.90 Å². The molecule has 0 saturated carbocycles. The smallest absolute Gasteiger partial charge is 0.263 e. The van der Waals surface area contributed by atoms with Crippen molar-refractivity contribution in [1.29, 1.82) is 0 Å². The number of anilines is 1. The monoisotopic (exact) mass is 210 g/mol. The quantitative estimate of drug-likeness (QED) is 0.836. The van der Waals surface area contributed by atoms with Crippen LogP contribution in [0.3, 0.4) is 0 Å². The van der Waals surface area contributed by atoms with Crippen molar-refractivity contribution in [2.45, 2.75) is 20.4 Å². The van der Waals surface area contributed by atoms with E-state index in [-0.39, 0.29) is 0 Å². The van der Waals surface area contributed by atoms with Crippen molar-refractivity contribution < 1.29 is 4.52 Å². The number of hydrogen-bond donors (Lipinski definition) is 1. The zero-order valence-corrected chi connectivity index (χ0v) is 8.76. The van der Waals surface area contributed by atoms with E-state index in [1.165, 1.54) is 0 Å². The molecule has 0 aliphatic rings. The molecule has 2 aromatic heterocycles. The van der Waals surface area contributed by atoms with Crippen LogP contribution < -0.4 is 5.32 Å². The van der Waals surface area contributed by atoms with E-state index < -0.39 is 0 Å². The minimum absolute atomic E-state index is 0.508. The van der Waals surface area contributed by atoms with Crippen molar-refractivity contribution in [3.8, 4) is 0 Å². The Kier molecular flexibility index (Phi) is 2.45. The lowest BCUT2D eigenvalue weighted by Gasteiger charge is -1.95. The molecule has 2 aromatic rings. The molecule has 0 fully saturated rings. The minimum atomic E-state index is 0.508. The van der Waals surface area contributed by atoms with Gasteiger partial charge in [0.15, 0.2) is 0 Å². The number of nitrogens with one attached hydrogen (secondary N) is 1. The number of thiazole rings is 1. The molecule has 2 heterocycles. The largest absolute Gasteiger partial charge is 0.346 e. The zero-order valence-electron chi connectivity index (χ0n) is 7.94. The molecule has 0 amide bonds. The van der Waals surface area contributed by atoms with Gasteiger partial charge in [0.2, 0.25) is 5.89 Å². The molecule has 0 unspecified atom stereocenters. The van der Waals surface area contributed by atoms with Crippen molar-refractivity contribution in [2.24, 2.45) is 0 Å². The molecule has 0 radical (unpaired) electrons. The van der Waals surface area contributed by atoms with Gasteiger partial charge in [0, 0.05) is 12.3 Å². The van der Waals surface area contributed by atoms with E-state index in [1.54, 1.807) is 18.3 Å². The predicted molar refractivity (Wildman–Crippen MR) is 53.2 cm³/mol. The fourth-order valence-electron chi connectivity index (χ4n) is 1.03. The van der Waals surface area contributed by atoms with E-state index in [0.717, 1.165) is 10.7 Å². The summed E-state index contributed by atoms with van der Waals surface area (Å²) >= 11 is 1.63. The molecule has 0 saturated heterocycles. The maximum atomic E-state index is 4.82. The van der Waals surface area contributed by atoms with Gasteiger partial charge in [-0.25, -0.2) is 4.98 Å². The summed E-state index contributed by atoms with van der Waals surface area (Å²) in [5.74, 6) is 1.06. The third-order valence-corrected chi connectivity index (χ3v) is 2.44. The third-order valence-electron chi connectivity index (χ3n) is 1.62. The van der Waals surface area contributed by atoms with Gasteiger partial charge >= 0.3 is 0 Å². The van der Waals surface area contributed by atoms with Crippen LogP contribution in [-0.2, 0) is 6.54 Å². The van der Waals surface area contributed by atoms with Crippen molar-refractivity contribution in [2.75, 3.05) is 5.32 Å². The van der Waals surface area contributed by atoms with Crippen LogP contribution in [0.2, 0.25) is 0 Å². The molecule has 2 rings (SSSR count). The van der Waals surface area contributed by atoms with Gasteiger partial charge in [-0.3, -0.25) is 0 Å². The second-order valence-electron chi connectivity index (χ2n) is 2.85. The summed E-state index contributed by atoms with van der Waals surface area (Å²) in [7, 11) is 0. The van der Waals surface area contributed by atoms with Crippen LogP contribution in [0.25, 0.3) is 0 Å². The van der Waals surface area contributed by atoms with Gasteiger partial charge in [-0.15, -0.1) is 11.3 Å². The molecule has 0 aromatic carbocycles. The zero-order chi connectivity index (χ0) is 9.97. The van der Waals surface area contributed by atoms with Crippen LogP contribution in [-0.4, -0.2) is 15.1 Å². The first-order valence-corrected chi connectivity index (χ1v) is 5.07. The minimum Gasteiger partial charge on any atom is -0.346 e. The van der Waals surface area contributed by atoms with E-state index in [0.29, 0.717) is 18.4 Å². The fourth-order valence-corrected chi connectivity index (χ4v) is 1.64. The van der Waals surface area contributed by atoms with Gasteiger partial charge in [0.05, 0.1) is 17.2 Å². The second kappa shape index (κ2) is 3.75. The number of hydrogen-bond acceptors (Lipinski definition) is 6. The molecular weight excluding hydrogens is 200 g/mol. The maximum Gasteiger partial charge on any atom is 0.263 e. The summed E-state index contributed by atoms with van der Waals surface area (Å²) in [5.41, 5.74) is 0.995. The standard InChI is InChI=1S/C8H10N4OS/c1-5-10-8(12-13-5)9-3-7-4-14-6(2)11-7/h4H,3H2,1-2H3,(H,9,12). The molecule has 1 N–H and O–H groups in total. The summed E-state index contributed by atoms with van der Waals surface area (Å²) in [6, 6.07) is 0. The van der Waals surface area contributed by atoms with Gasteiger partial charge in [-0.1, -0.05) is 0 Å². The summed E-state index contributed by atoms with van der Waals surface area (Å²) in [5, 5.41) is 9.81. The Morgan fingerprint density at radius 3 is 2.86 bits per heavy atom. The Labute approximate surface area is 85.2 Å². The van der Waals surface area contributed by atoms with Crippen molar-refractivity contribution in [3.63, 3.8) is 0 Å². The SMILES string of the molecule is Cc1nc(NCc2csc(C)n2)no1. The summed E-state index contributed by atoms with van der Waals surface area (Å²) in [6.45, 7) is 4.36. The Morgan fingerprint density at radius 2 is 2.29 bits per heavy atom. The van der Waals surface area contributed by atoms with E-state index in [9.17, 15) is 0 Å². The third kappa shape index (κ3) is 2.08. The topological polar surface area (TPSA) is 63.8 Å². The first kappa shape index (κ1) is 9.14. The van der Waals surface area contributed by atoms with Crippen LogP contribution in [0.5, 0.6) is 0 Å². The Hall–Kier alpha value is -1.43. The van der Waals surface area contributed by atoms with Crippen LogP contribution >= 0.6 is 11.3 Å². The highest BCUT2D eigenvalue weighted by Gasteiger charge is 2.02. The van der Waals surface area contributed by atoms with Crippen LogP contribution in [0, 0.1) is 13.8 Å². The molecule has 14 heavy (non-hydrogen) atoms. The lowest BCUT2D eigenvalue weighted by Crippen LogP contribution is -2.01. The highest BCUT2D eigenvalue weighted by Crippen LogP contribution is 2.09. The van der Waals surface area contributed by atoms with Crippen molar-refractivity contribution in [1.82, 2.24) is 15.1 Å². The van der Waals surface area contributed by atoms with Crippen LogP contribution in [0.4, 0.5) is 5.95 Å². The first-order chi connectivity index (χ1) is 6.74. The van der Waals surface area contributed by atoms with E-state index >= 15 is 0 Å². The van der Waals surface area contributed by atoms with Gasteiger partial charge in [-0.2, -0.15) is 4.98 Å². The van der Waals surface area contributed by atoms with Crippen molar-refractivity contribution >= 4 is 17.3 Å². The molecule has 74 valence electrons. The average Bonchev–Trinajstić information content (AvgIpc) is 2.72. The van der Waals surface area contributed by atoms with E-state index in [2.05, 4.69) is 20.4 Å². The molecule has 5 nitrogen and oxygen atoms in total. The maximum absolute atomic E-state index is 4.82. The molecule has 0 aliphatic carbocycles. The Bertz CT molecular complexity index is 382. The molecule has 6 heteroatoms. The number of aryl methyl sites for hydroxylation is 2. The molecular formula is C8H10N4OS. The predicted octanol–water partition coefficient (Wildman–Crippen LogP) is 1.76. The lowest BCUT2D eigenvalue weighted by atomic mass is 10.5. The molecule has 0 atom stereocenters. The fraction of sp³-hybridized carbons (Fsp3) is 0.375. The summed E-state index contributed by atoms with van der Waals surface area (Å²) in [6.07, 6.45) is 0. The second-order valence-corrected chi connectivity index (χ2v) is 3.91.